The molecule has 12 heteroatoms. The number of esters is 1. The van der Waals surface area contributed by atoms with Gasteiger partial charge in [0.05, 0.1) is 29.7 Å². The van der Waals surface area contributed by atoms with E-state index in [9.17, 15) is 22.8 Å². The number of ether oxygens (including phenoxy) is 4. The van der Waals surface area contributed by atoms with E-state index in [1.165, 1.54) is 19.2 Å². The Kier molecular flexibility index (Phi) is 8.17. The molecule has 3 aromatic carbocycles. The number of imide groups is 1. The lowest BCUT2D eigenvalue weighted by Gasteiger charge is -2.27. The van der Waals surface area contributed by atoms with E-state index >= 15 is 0 Å². The number of amides is 2. The summed E-state index contributed by atoms with van der Waals surface area (Å²) in [5.41, 5.74) is 1.64. The average molecular weight is 623 g/mol. The van der Waals surface area contributed by atoms with E-state index in [1.54, 1.807) is 58.9 Å². The molecule has 1 atom stereocenters. The minimum Gasteiger partial charge on any atom is -0.496 e. The van der Waals surface area contributed by atoms with Crippen LogP contribution in [-0.4, -0.2) is 63.2 Å². The molecule has 2 heterocycles. The molecule has 2 amide bonds. The molecule has 0 saturated heterocycles. The zero-order chi connectivity index (χ0) is 32.0. The molecule has 1 N–H and O–H groups in total. The van der Waals surface area contributed by atoms with Crippen LogP contribution in [0, 0.1) is 13.8 Å². The molecular weight excluding hydrogens is 588 g/mol. The van der Waals surface area contributed by atoms with Crippen LogP contribution in [0.5, 0.6) is 17.2 Å². The van der Waals surface area contributed by atoms with Gasteiger partial charge in [0.15, 0.2) is 11.5 Å². The van der Waals surface area contributed by atoms with Crippen molar-refractivity contribution >= 4 is 27.8 Å². The molecule has 0 bridgehead atoms. The number of hydrogen-bond acceptors (Lipinski definition) is 9. The van der Waals surface area contributed by atoms with Crippen molar-refractivity contribution in [2.24, 2.45) is 0 Å². The van der Waals surface area contributed by atoms with Crippen LogP contribution in [0.4, 0.5) is 0 Å². The summed E-state index contributed by atoms with van der Waals surface area (Å²) in [7, 11) is -2.91. The van der Waals surface area contributed by atoms with Gasteiger partial charge < -0.3 is 18.9 Å². The van der Waals surface area contributed by atoms with Gasteiger partial charge in [-0.15, -0.1) is 0 Å². The summed E-state index contributed by atoms with van der Waals surface area (Å²) in [5.74, 6) is -0.468. The molecule has 0 radical (unpaired) electrons. The number of carbonyl (C=O) groups is 3. The van der Waals surface area contributed by atoms with Gasteiger partial charge in [-0.2, -0.15) is 4.72 Å². The maximum Gasteiger partial charge on any atom is 0.326 e. The molecule has 11 nitrogen and oxygen atoms in total. The van der Waals surface area contributed by atoms with Crippen LogP contribution < -0.4 is 18.9 Å². The molecule has 0 saturated carbocycles. The summed E-state index contributed by atoms with van der Waals surface area (Å²) in [6.07, 6.45) is 0.318. The van der Waals surface area contributed by atoms with Crippen LogP contribution in [-0.2, 0) is 26.0 Å². The normalized spacial score (nSPS) is 14.9. The molecule has 232 valence electrons. The number of methoxy groups -OCH3 is 1. The number of sulfonamides is 1. The van der Waals surface area contributed by atoms with Gasteiger partial charge in [-0.05, 0) is 81.6 Å². The Morgan fingerprint density at radius 1 is 1.00 bits per heavy atom. The first kappa shape index (κ1) is 31.0. The molecule has 0 fully saturated rings. The van der Waals surface area contributed by atoms with Gasteiger partial charge in [-0.1, -0.05) is 18.2 Å². The number of nitrogens with zero attached hydrogens (tertiary/aromatic N) is 1. The quantitative estimate of drug-likeness (QED) is 0.278. The van der Waals surface area contributed by atoms with Crippen LogP contribution in [0.2, 0.25) is 0 Å². The monoisotopic (exact) mass is 622 g/mol. The second kappa shape index (κ2) is 11.6. The Morgan fingerprint density at radius 2 is 1.64 bits per heavy atom. The fourth-order valence-electron chi connectivity index (χ4n) is 5.40. The third-order valence-corrected chi connectivity index (χ3v) is 9.10. The Morgan fingerprint density at radius 3 is 2.25 bits per heavy atom. The molecule has 5 rings (SSSR count). The first-order valence-corrected chi connectivity index (χ1v) is 15.4. The maximum absolute atomic E-state index is 14.1. The zero-order valence-corrected chi connectivity index (χ0v) is 26.2. The summed E-state index contributed by atoms with van der Waals surface area (Å²) >= 11 is 0. The Labute approximate surface area is 256 Å². The lowest BCUT2D eigenvalue weighted by Crippen LogP contribution is -2.51. The van der Waals surface area contributed by atoms with Gasteiger partial charge in [-0.25, -0.2) is 8.42 Å². The van der Waals surface area contributed by atoms with E-state index in [0.29, 0.717) is 40.4 Å². The van der Waals surface area contributed by atoms with E-state index in [-0.39, 0.29) is 22.8 Å². The standard InChI is InChI=1S/C32H34N2O9S/c1-18-13-26(40-6)23(14-20-11-12-25-27(15-20)42-17-41-25)19(2)28(18)44(38,39)33-24(31(37)43-32(3,4)5)16-34-29(35)21-9-7-8-10-22(21)30(34)36/h7-13,15,24,33H,14,16-17H2,1-6H3/t24-/m1/s1. The fourth-order valence-corrected chi connectivity index (χ4v) is 7.08. The highest BCUT2D eigenvalue weighted by Gasteiger charge is 2.41. The van der Waals surface area contributed by atoms with Crippen molar-refractivity contribution in [1.82, 2.24) is 9.62 Å². The van der Waals surface area contributed by atoms with Gasteiger partial charge in [0.2, 0.25) is 16.8 Å². The summed E-state index contributed by atoms with van der Waals surface area (Å²) in [5, 5.41) is 0. The van der Waals surface area contributed by atoms with Gasteiger partial charge >= 0.3 is 5.97 Å². The van der Waals surface area contributed by atoms with Crippen molar-refractivity contribution in [2.75, 3.05) is 20.4 Å². The minimum atomic E-state index is -4.42. The predicted octanol–water partition coefficient (Wildman–Crippen LogP) is 3.92. The minimum absolute atomic E-state index is 0.0510. The SMILES string of the molecule is COc1cc(C)c(S(=O)(=O)N[C@H](CN2C(=O)c3ccccc3C2=O)C(=O)OC(C)(C)C)c(C)c1Cc1ccc2c(c1)OCO2. The summed E-state index contributed by atoms with van der Waals surface area (Å²) < 4.78 is 52.7. The highest BCUT2D eigenvalue weighted by atomic mass is 32.2. The smallest absolute Gasteiger partial charge is 0.326 e. The van der Waals surface area contributed by atoms with Crippen molar-refractivity contribution < 1.29 is 41.7 Å². The second-order valence-corrected chi connectivity index (χ2v) is 13.3. The summed E-state index contributed by atoms with van der Waals surface area (Å²) in [6, 6.07) is 11.8. The lowest BCUT2D eigenvalue weighted by atomic mass is 9.97. The average Bonchev–Trinajstić information content (AvgIpc) is 3.51. The number of carbonyl (C=O) groups excluding carboxylic acids is 3. The first-order valence-electron chi connectivity index (χ1n) is 14.0. The molecule has 44 heavy (non-hydrogen) atoms. The van der Waals surface area contributed by atoms with Crippen molar-refractivity contribution in [2.45, 2.75) is 57.6 Å². The molecule has 0 spiro atoms. The number of hydrogen-bond donors (Lipinski definition) is 1. The largest absolute Gasteiger partial charge is 0.496 e. The van der Waals surface area contributed by atoms with Crippen molar-refractivity contribution in [3.8, 4) is 17.2 Å². The van der Waals surface area contributed by atoms with Gasteiger partial charge in [0.25, 0.3) is 11.8 Å². The first-order chi connectivity index (χ1) is 20.7. The van der Waals surface area contributed by atoms with Gasteiger partial charge in [-0.3, -0.25) is 19.3 Å². The third kappa shape index (κ3) is 6.00. The zero-order valence-electron chi connectivity index (χ0n) is 25.3. The molecular formula is C32H34N2O9S. The molecule has 3 aromatic rings. The van der Waals surface area contributed by atoms with Crippen molar-refractivity contribution in [3.63, 3.8) is 0 Å². The Bertz CT molecular complexity index is 1740. The molecule has 0 aromatic heterocycles. The highest BCUT2D eigenvalue weighted by Crippen LogP contribution is 2.37. The molecule has 0 unspecified atom stereocenters. The fraction of sp³-hybridized carbons (Fsp3) is 0.344. The van der Waals surface area contributed by atoms with Gasteiger partial charge in [0.1, 0.15) is 17.4 Å². The lowest BCUT2D eigenvalue weighted by molar-refractivity contribution is -0.157. The molecule has 2 aliphatic heterocycles. The van der Waals surface area contributed by atoms with E-state index in [4.69, 9.17) is 18.9 Å². The van der Waals surface area contributed by atoms with E-state index < -0.39 is 46.0 Å². The van der Waals surface area contributed by atoms with E-state index in [0.717, 1.165) is 10.5 Å². The van der Waals surface area contributed by atoms with E-state index in [2.05, 4.69) is 4.72 Å². The number of nitrogens with one attached hydrogen (secondary N) is 1. The Balaban J connectivity index is 1.50. The van der Waals surface area contributed by atoms with Crippen LogP contribution >= 0.6 is 0 Å². The summed E-state index contributed by atoms with van der Waals surface area (Å²) in [6.45, 7) is 7.77. The topological polar surface area (TPSA) is 138 Å². The van der Waals surface area contributed by atoms with E-state index in [1.807, 2.05) is 12.1 Å². The van der Waals surface area contributed by atoms with Crippen LogP contribution in [0.3, 0.4) is 0 Å². The predicted molar refractivity (Wildman–Crippen MR) is 160 cm³/mol. The van der Waals surface area contributed by atoms with Crippen molar-refractivity contribution in [1.29, 1.82) is 0 Å². The van der Waals surface area contributed by atoms with Crippen LogP contribution in [0.25, 0.3) is 0 Å². The number of benzene rings is 3. The molecule has 2 aliphatic rings. The number of rotatable bonds is 9. The molecule has 0 aliphatic carbocycles. The second-order valence-electron chi connectivity index (χ2n) is 11.7. The van der Waals surface area contributed by atoms with Gasteiger partial charge in [0, 0.05) is 12.0 Å². The van der Waals surface area contributed by atoms with Crippen molar-refractivity contribution in [3.05, 3.63) is 81.9 Å². The van der Waals surface area contributed by atoms with Crippen LogP contribution in [0.1, 0.15) is 63.7 Å². The highest BCUT2D eigenvalue weighted by molar-refractivity contribution is 7.89. The maximum atomic E-state index is 14.1. The third-order valence-electron chi connectivity index (χ3n) is 7.34. The number of fused-ring (bicyclic) bond motifs is 2. The number of aryl methyl sites for hydroxylation is 1. The Hall–Kier alpha value is -4.42. The summed E-state index contributed by atoms with van der Waals surface area (Å²) in [4.78, 5) is 40.4. The van der Waals surface area contributed by atoms with Crippen LogP contribution in [0.15, 0.2) is 53.4 Å².